The lowest BCUT2D eigenvalue weighted by Crippen LogP contribution is -2.16. The second-order valence-electron chi connectivity index (χ2n) is 3.19. The molecule has 0 saturated carbocycles. The van der Waals surface area contributed by atoms with Crippen molar-refractivity contribution in [3.05, 3.63) is 31.9 Å². The van der Waals surface area contributed by atoms with Crippen LogP contribution in [0.3, 0.4) is 0 Å². The Morgan fingerprint density at radius 2 is 2.38 bits per heavy atom. The van der Waals surface area contributed by atoms with Crippen LogP contribution in [0.4, 0.5) is 11.4 Å². The quantitative estimate of drug-likeness (QED) is 0.400. The van der Waals surface area contributed by atoms with Crippen LogP contribution >= 0.6 is 22.6 Å². The van der Waals surface area contributed by atoms with Gasteiger partial charge in [-0.05, 0) is 41.1 Å². The molecule has 0 saturated heterocycles. The first kappa shape index (κ1) is 12.8. The number of terminal acetylenes is 1. The normalized spacial score (nSPS) is 11.6. The summed E-state index contributed by atoms with van der Waals surface area (Å²) < 4.78 is 0.823. The highest BCUT2D eigenvalue weighted by molar-refractivity contribution is 14.1. The lowest BCUT2D eigenvalue weighted by atomic mass is 10.2. The summed E-state index contributed by atoms with van der Waals surface area (Å²) in [6, 6.07) is 4.82. The maximum atomic E-state index is 10.8. The van der Waals surface area contributed by atoms with Crippen LogP contribution < -0.4 is 5.32 Å². The second-order valence-corrected chi connectivity index (χ2v) is 4.44. The van der Waals surface area contributed by atoms with Crippen molar-refractivity contribution in [1.29, 1.82) is 0 Å². The van der Waals surface area contributed by atoms with Crippen LogP contribution in [0.5, 0.6) is 0 Å². The number of nitrogens with zero attached hydrogens (tertiary/aromatic N) is 1. The van der Waals surface area contributed by atoms with Crippen LogP contribution in [0, 0.1) is 26.0 Å². The molecule has 0 aromatic heterocycles. The van der Waals surface area contributed by atoms with Gasteiger partial charge in [-0.2, -0.15) is 0 Å². The lowest BCUT2D eigenvalue weighted by molar-refractivity contribution is -0.384. The van der Waals surface area contributed by atoms with Crippen LogP contribution in [0.15, 0.2) is 18.2 Å². The molecule has 4 nitrogen and oxygen atoms in total. The number of hydrogen-bond acceptors (Lipinski definition) is 3. The highest BCUT2D eigenvalue weighted by Crippen LogP contribution is 2.27. The van der Waals surface area contributed by atoms with Crippen molar-refractivity contribution in [1.82, 2.24) is 0 Å². The van der Waals surface area contributed by atoms with Crippen LogP contribution in [0.25, 0.3) is 0 Å². The summed E-state index contributed by atoms with van der Waals surface area (Å²) in [4.78, 5) is 10.4. The third-order valence-electron chi connectivity index (χ3n) is 2.10. The van der Waals surface area contributed by atoms with E-state index in [0.29, 0.717) is 5.69 Å². The molecule has 16 heavy (non-hydrogen) atoms. The van der Waals surface area contributed by atoms with Crippen molar-refractivity contribution in [2.24, 2.45) is 0 Å². The van der Waals surface area contributed by atoms with Crippen molar-refractivity contribution in [2.45, 2.75) is 19.4 Å². The van der Waals surface area contributed by atoms with E-state index in [0.717, 1.165) is 9.99 Å². The Hall–Kier alpha value is -1.29. The predicted octanol–water partition coefficient (Wildman–Crippen LogP) is 3.02. The van der Waals surface area contributed by atoms with Gasteiger partial charge in [-0.1, -0.05) is 12.8 Å². The van der Waals surface area contributed by atoms with Crippen LogP contribution in [-0.2, 0) is 0 Å². The minimum Gasteiger partial charge on any atom is -0.366 e. The van der Waals surface area contributed by atoms with Gasteiger partial charge in [0.2, 0.25) is 0 Å². The van der Waals surface area contributed by atoms with E-state index in [1.54, 1.807) is 12.1 Å². The zero-order chi connectivity index (χ0) is 12.1. The molecule has 1 atom stereocenters. The monoisotopic (exact) mass is 330 g/mol. The smallest absolute Gasteiger partial charge is 0.293 e. The molecule has 0 aliphatic carbocycles. The van der Waals surface area contributed by atoms with E-state index in [4.69, 9.17) is 6.42 Å². The first-order valence-corrected chi connectivity index (χ1v) is 5.83. The van der Waals surface area contributed by atoms with Crippen molar-refractivity contribution in [3.8, 4) is 12.3 Å². The molecule has 1 aromatic carbocycles. The van der Waals surface area contributed by atoms with E-state index < -0.39 is 4.92 Å². The third-order valence-corrected chi connectivity index (χ3v) is 2.77. The van der Waals surface area contributed by atoms with Crippen molar-refractivity contribution >= 4 is 34.0 Å². The molecule has 0 fully saturated rings. The largest absolute Gasteiger partial charge is 0.366 e. The molecule has 0 aliphatic rings. The molecule has 84 valence electrons. The fourth-order valence-electron chi connectivity index (χ4n) is 1.23. The fourth-order valence-corrected chi connectivity index (χ4v) is 1.70. The van der Waals surface area contributed by atoms with E-state index >= 15 is 0 Å². The summed E-state index contributed by atoms with van der Waals surface area (Å²) in [5, 5.41) is 13.8. The summed E-state index contributed by atoms with van der Waals surface area (Å²) >= 11 is 2.04. The molecule has 0 radical (unpaired) electrons. The number of benzene rings is 1. The number of halogens is 1. The van der Waals surface area contributed by atoms with E-state index in [9.17, 15) is 10.1 Å². The Labute approximate surface area is 108 Å². The van der Waals surface area contributed by atoms with Gasteiger partial charge in [-0.25, -0.2) is 0 Å². The summed E-state index contributed by atoms with van der Waals surface area (Å²) in [5.74, 6) is 2.55. The summed E-state index contributed by atoms with van der Waals surface area (Å²) in [6.07, 6.45) is 6.03. The Kier molecular flexibility index (Phi) is 4.55. The Morgan fingerprint density at radius 3 is 2.88 bits per heavy atom. The van der Waals surface area contributed by atoms with E-state index in [1.807, 2.05) is 29.5 Å². The first-order valence-electron chi connectivity index (χ1n) is 4.75. The molecule has 1 rings (SSSR count). The molecule has 0 heterocycles. The maximum absolute atomic E-state index is 10.8. The molecule has 1 aromatic rings. The molecule has 0 spiro atoms. The van der Waals surface area contributed by atoms with Gasteiger partial charge in [-0.3, -0.25) is 10.1 Å². The number of rotatable bonds is 4. The third kappa shape index (κ3) is 3.10. The predicted molar refractivity (Wildman–Crippen MR) is 72.3 cm³/mol. The van der Waals surface area contributed by atoms with E-state index in [2.05, 4.69) is 11.2 Å². The lowest BCUT2D eigenvalue weighted by Gasteiger charge is -2.12. The van der Waals surface area contributed by atoms with E-state index in [-0.39, 0.29) is 11.7 Å². The minimum absolute atomic E-state index is 0.0561. The average Bonchev–Trinajstić information content (AvgIpc) is 2.27. The summed E-state index contributed by atoms with van der Waals surface area (Å²) in [6.45, 7) is 1.93. The van der Waals surface area contributed by atoms with Gasteiger partial charge in [0.15, 0.2) is 0 Å². The zero-order valence-electron chi connectivity index (χ0n) is 8.74. The number of hydrogen-bond donors (Lipinski definition) is 1. The Balaban J connectivity index is 3.04. The SMILES string of the molecule is C#CC(CC)Nc1ccc(I)cc1[N+](=O)[O-]. The van der Waals surface area contributed by atoms with E-state index in [1.165, 1.54) is 6.07 Å². The molecule has 0 amide bonds. The fraction of sp³-hybridized carbons (Fsp3) is 0.273. The Morgan fingerprint density at radius 1 is 1.69 bits per heavy atom. The van der Waals surface area contributed by atoms with Crippen molar-refractivity contribution in [2.75, 3.05) is 5.32 Å². The molecular formula is C11H11IN2O2. The van der Waals surface area contributed by atoms with Gasteiger partial charge < -0.3 is 5.32 Å². The van der Waals surface area contributed by atoms with Gasteiger partial charge >= 0.3 is 0 Å². The van der Waals surface area contributed by atoms with Gasteiger partial charge in [-0.15, -0.1) is 6.42 Å². The highest BCUT2D eigenvalue weighted by atomic mass is 127. The molecule has 5 heteroatoms. The number of anilines is 1. The van der Waals surface area contributed by atoms with Crippen molar-refractivity contribution in [3.63, 3.8) is 0 Å². The number of nitro groups is 1. The van der Waals surface area contributed by atoms with Gasteiger partial charge in [0, 0.05) is 9.64 Å². The van der Waals surface area contributed by atoms with Crippen molar-refractivity contribution < 1.29 is 4.92 Å². The molecular weight excluding hydrogens is 319 g/mol. The highest BCUT2D eigenvalue weighted by Gasteiger charge is 2.15. The van der Waals surface area contributed by atoms with Crippen LogP contribution in [-0.4, -0.2) is 11.0 Å². The van der Waals surface area contributed by atoms with Gasteiger partial charge in [0.05, 0.1) is 11.0 Å². The Bertz CT molecular complexity index is 440. The second kappa shape index (κ2) is 5.70. The topological polar surface area (TPSA) is 55.2 Å². The summed E-state index contributed by atoms with van der Waals surface area (Å²) in [5.41, 5.74) is 0.524. The molecule has 0 bridgehead atoms. The first-order chi connectivity index (χ1) is 7.58. The molecule has 1 unspecified atom stereocenters. The standard InChI is InChI=1S/C11H11IN2O2/c1-3-9(4-2)13-10-6-5-8(12)7-11(10)14(15)16/h1,5-7,9,13H,4H2,2H3. The maximum Gasteiger partial charge on any atom is 0.293 e. The van der Waals surface area contributed by atoms with Crippen LogP contribution in [0.2, 0.25) is 0 Å². The van der Waals surface area contributed by atoms with Gasteiger partial charge in [0.1, 0.15) is 5.69 Å². The van der Waals surface area contributed by atoms with Crippen LogP contribution in [0.1, 0.15) is 13.3 Å². The molecule has 1 N–H and O–H groups in total. The number of nitrogens with one attached hydrogen (secondary N) is 1. The van der Waals surface area contributed by atoms with Gasteiger partial charge in [0.25, 0.3) is 5.69 Å². The summed E-state index contributed by atoms with van der Waals surface area (Å²) in [7, 11) is 0. The number of nitro benzene ring substituents is 1. The zero-order valence-corrected chi connectivity index (χ0v) is 10.9. The average molecular weight is 330 g/mol. The minimum atomic E-state index is -0.409. The molecule has 0 aliphatic heterocycles.